The second kappa shape index (κ2) is 12.8. The minimum Gasteiger partial charge on any atom is -0.416 e. The average molecular weight is 515 g/mol. The summed E-state index contributed by atoms with van der Waals surface area (Å²) in [4.78, 5) is 12.6. The molecule has 0 atom stereocenters. The number of hydrogen-bond donors (Lipinski definition) is 0. The van der Waals surface area contributed by atoms with Crippen molar-refractivity contribution in [1.82, 2.24) is 10.2 Å². The van der Waals surface area contributed by atoms with Gasteiger partial charge in [-0.25, -0.2) is 0 Å². The molecule has 4 nitrogen and oxygen atoms in total. The van der Waals surface area contributed by atoms with Crippen molar-refractivity contribution in [2.75, 3.05) is 0 Å². The quantitative estimate of drug-likeness (QED) is 0.148. The molecule has 39 heavy (non-hydrogen) atoms. The van der Waals surface area contributed by atoms with Crippen LogP contribution in [0.1, 0.15) is 47.3 Å². The van der Waals surface area contributed by atoms with Gasteiger partial charge in [-0.3, -0.25) is 4.79 Å². The summed E-state index contributed by atoms with van der Waals surface area (Å²) >= 11 is 0. The minimum absolute atomic E-state index is 0.0939. The molecule has 4 heteroatoms. The first kappa shape index (κ1) is 27.5. The fourth-order valence-corrected chi connectivity index (χ4v) is 4.16. The van der Waals surface area contributed by atoms with E-state index in [0.29, 0.717) is 18.2 Å². The van der Waals surface area contributed by atoms with Gasteiger partial charge in [0.25, 0.3) is 0 Å². The molecule has 0 radical (unpaired) electrons. The molecule has 4 aromatic rings. The van der Waals surface area contributed by atoms with Crippen LogP contribution in [-0.2, 0) is 12.8 Å². The van der Waals surface area contributed by atoms with Crippen molar-refractivity contribution >= 4 is 5.78 Å². The molecule has 0 saturated carbocycles. The Balaban J connectivity index is 1.39. The number of Topliss-reactive ketones (excluding diaryl/α,β-unsaturated/α-hetero) is 1. The second-order valence-electron chi connectivity index (χ2n) is 9.71. The van der Waals surface area contributed by atoms with E-state index in [1.165, 1.54) is 11.1 Å². The van der Waals surface area contributed by atoms with Gasteiger partial charge in [0.15, 0.2) is 5.78 Å². The predicted molar refractivity (Wildman–Crippen MR) is 160 cm³/mol. The summed E-state index contributed by atoms with van der Waals surface area (Å²) in [6.07, 6.45) is 8.09. The molecule has 0 aliphatic rings. The molecule has 3 aromatic carbocycles. The smallest absolute Gasteiger partial charge is 0.248 e. The number of allylic oxidation sites excluding steroid dienone is 6. The number of nitrogens with zero attached hydrogens (tertiary/aromatic N) is 2. The molecular weight excluding hydrogens is 480 g/mol. The molecule has 0 unspecified atom stereocenters. The summed E-state index contributed by atoms with van der Waals surface area (Å²) in [7, 11) is 0. The van der Waals surface area contributed by atoms with Crippen LogP contribution in [0.4, 0.5) is 0 Å². The number of benzene rings is 3. The Bertz CT molecular complexity index is 1520. The van der Waals surface area contributed by atoms with Crippen molar-refractivity contribution in [3.8, 4) is 22.9 Å². The number of carbonyl (C=O) groups is 1. The highest BCUT2D eigenvalue weighted by Crippen LogP contribution is 2.26. The van der Waals surface area contributed by atoms with E-state index < -0.39 is 0 Å². The number of carbonyl (C=O) groups excluding carboxylic acids is 1. The van der Waals surface area contributed by atoms with Crippen LogP contribution in [0.2, 0.25) is 0 Å². The molecule has 0 N–H and O–H groups in total. The van der Waals surface area contributed by atoms with Gasteiger partial charge in [-0.15, -0.1) is 10.2 Å². The minimum atomic E-state index is 0.0939. The van der Waals surface area contributed by atoms with E-state index in [1.807, 2.05) is 80.6 Å². The van der Waals surface area contributed by atoms with Crippen molar-refractivity contribution in [1.29, 1.82) is 0 Å². The third-order valence-corrected chi connectivity index (χ3v) is 6.69. The lowest BCUT2D eigenvalue weighted by atomic mass is 9.96. The van der Waals surface area contributed by atoms with E-state index in [4.69, 9.17) is 4.42 Å². The topological polar surface area (TPSA) is 56.0 Å². The van der Waals surface area contributed by atoms with Crippen LogP contribution < -0.4 is 0 Å². The van der Waals surface area contributed by atoms with Crippen LogP contribution in [-0.4, -0.2) is 16.0 Å². The lowest BCUT2D eigenvalue weighted by molar-refractivity contribution is 0.0993. The summed E-state index contributed by atoms with van der Waals surface area (Å²) in [5, 5.41) is 8.49. The Labute approximate surface area is 231 Å². The zero-order valence-electron chi connectivity index (χ0n) is 22.9. The fourth-order valence-electron chi connectivity index (χ4n) is 4.16. The molecule has 0 spiro atoms. The van der Waals surface area contributed by atoms with Crippen LogP contribution >= 0.6 is 0 Å². The normalized spacial score (nSPS) is 11.9. The zero-order valence-corrected chi connectivity index (χ0v) is 22.9. The second-order valence-corrected chi connectivity index (χ2v) is 9.71. The maximum atomic E-state index is 12.6. The van der Waals surface area contributed by atoms with Gasteiger partial charge in [-0.1, -0.05) is 98.0 Å². The SMILES string of the molecule is C=C/C(C)=C\C=C(/CC)C(=C)Cc1ccc(-c2nnc(-c3ccc(CC(=O)c4ccc(C)cc4)cc3)o2)cc1. The first-order valence-corrected chi connectivity index (χ1v) is 13.2. The zero-order chi connectivity index (χ0) is 27.8. The van der Waals surface area contributed by atoms with Crippen molar-refractivity contribution < 1.29 is 9.21 Å². The number of ketones is 1. The van der Waals surface area contributed by atoms with Gasteiger partial charge in [0.1, 0.15) is 0 Å². The average Bonchev–Trinajstić information content (AvgIpc) is 3.45. The van der Waals surface area contributed by atoms with Crippen LogP contribution in [0.3, 0.4) is 0 Å². The van der Waals surface area contributed by atoms with E-state index in [1.54, 1.807) is 0 Å². The van der Waals surface area contributed by atoms with Crippen LogP contribution in [0.5, 0.6) is 0 Å². The standard InChI is InChI=1S/C35H34N2O2/c1-6-24(3)8-15-29(7-2)26(5)22-27-11-18-31(19-12-27)34-36-37-35(39-34)32-20-13-28(14-21-32)23-33(38)30-16-9-25(4)10-17-30/h6,8-21H,1,5,7,22-23H2,2-4H3/b24-8-,29-15+. The van der Waals surface area contributed by atoms with E-state index in [-0.39, 0.29) is 5.78 Å². The maximum Gasteiger partial charge on any atom is 0.248 e. The Morgan fingerprint density at radius 3 is 1.87 bits per heavy atom. The van der Waals surface area contributed by atoms with Crippen molar-refractivity contribution in [2.45, 2.75) is 40.0 Å². The monoisotopic (exact) mass is 514 g/mol. The summed E-state index contributed by atoms with van der Waals surface area (Å²) < 4.78 is 5.97. The molecule has 4 rings (SSSR count). The highest BCUT2D eigenvalue weighted by atomic mass is 16.4. The Morgan fingerprint density at radius 2 is 1.36 bits per heavy atom. The van der Waals surface area contributed by atoms with Crippen LogP contribution in [0, 0.1) is 6.92 Å². The van der Waals surface area contributed by atoms with Crippen LogP contribution in [0.15, 0.2) is 125 Å². The van der Waals surface area contributed by atoms with E-state index in [9.17, 15) is 4.79 Å². The maximum absolute atomic E-state index is 12.6. The van der Waals surface area contributed by atoms with Gasteiger partial charge in [-0.05, 0) is 73.2 Å². The lowest BCUT2D eigenvalue weighted by Gasteiger charge is -2.09. The molecule has 1 aromatic heterocycles. The molecule has 196 valence electrons. The first-order valence-electron chi connectivity index (χ1n) is 13.2. The van der Waals surface area contributed by atoms with E-state index in [2.05, 4.69) is 54.6 Å². The van der Waals surface area contributed by atoms with Crippen molar-refractivity contribution in [3.05, 3.63) is 143 Å². The van der Waals surface area contributed by atoms with E-state index in [0.717, 1.165) is 51.8 Å². The van der Waals surface area contributed by atoms with E-state index >= 15 is 0 Å². The van der Waals surface area contributed by atoms with Gasteiger partial charge >= 0.3 is 0 Å². The lowest BCUT2D eigenvalue weighted by Crippen LogP contribution is -2.03. The number of aryl methyl sites for hydroxylation is 1. The summed E-state index contributed by atoms with van der Waals surface area (Å²) in [6.45, 7) is 14.3. The Kier molecular flexibility index (Phi) is 9.01. The number of hydrogen-bond acceptors (Lipinski definition) is 4. The molecule has 0 aliphatic carbocycles. The van der Waals surface area contributed by atoms with Gasteiger partial charge < -0.3 is 4.42 Å². The Hall–Kier alpha value is -4.57. The fraction of sp³-hybridized carbons (Fsp3) is 0.171. The van der Waals surface area contributed by atoms with Gasteiger partial charge in [-0.2, -0.15) is 0 Å². The predicted octanol–water partition coefficient (Wildman–Crippen LogP) is 8.70. The summed E-state index contributed by atoms with van der Waals surface area (Å²) in [6, 6.07) is 23.5. The summed E-state index contributed by atoms with van der Waals surface area (Å²) in [5.74, 6) is 1.00. The molecule has 0 saturated heterocycles. The molecule has 0 bridgehead atoms. The van der Waals surface area contributed by atoms with Crippen molar-refractivity contribution in [3.63, 3.8) is 0 Å². The van der Waals surface area contributed by atoms with Gasteiger partial charge in [0.2, 0.25) is 11.8 Å². The third kappa shape index (κ3) is 7.26. The first-order chi connectivity index (χ1) is 18.9. The Morgan fingerprint density at radius 1 is 0.821 bits per heavy atom. The van der Waals surface area contributed by atoms with Gasteiger partial charge in [0.05, 0.1) is 0 Å². The number of aromatic nitrogens is 2. The summed E-state index contributed by atoms with van der Waals surface area (Å²) in [5.41, 5.74) is 9.10. The van der Waals surface area contributed by atoms with Crippen LogP contribution in [0.25, 0.3) is 22.9 Å². The highest BCUT2D eigenvalue weighted by molar-refractivity contribution is 5.97. The largest absolute Gasteiger partial charge is 0.416 e. The molecule has 0 aliphatic heterocycles. The third-order valence-electron chi connectivity index (χ3n) is 6.69. The highest BCUT2D eigenvalue weighted by Gasteiger charge is 2.12. The number of rotatable bonds is 11. The van der Waals surface area contributed by atoms with Gasteiger partial charge in [0, 0.05) is 23.1 Å². The molecule has 1 heterocycles. The molecule has 0 fully saturated rings. The molecule has 0 amide bonds. The molecular formula is C35H34N2O2. The van der Waals surface area contributed by atoms with Crippen molar-refractivity contribution in [2.24, 2.45) is 0 Å².